The molecule has 2 amide bonds. The molecule has 0 aliphatic carbocycles. The molecule has 2 aromatic carbocycles. The number of hydrazine groups is 1. The van der Waals surface area contributed by atoms with Crippen molar-refractivity contribution < 1.29 is 18.0 Å². The molecule has 3 N–H and O–H groups in total. The number of carbonyl (C=O) groups excluding carboxylic acids is 2. The maximum absolute atomic E-state index is 12.7. The Hall–Kier alpha value is -2.82. The van der Waals surface area contributed by atoms with Crippen LogP contribution in [0.5, 0.6) is 0 Å². The zero-order valence-electron chi connectivity index (χ0n) is 17.2. The molecule has 1 heterocycles. The number of para-hydroxylation sites is 1. The summed E-state index contributed by atoms with van der Waals surface area (Å²) in [5.74, 6) is -0.561. The van der Waals surface area contributed by atoms with Crippen LogP contribution in [0, 0.1) is 0 Å². The Morgan fingerprint density at radius 1 is 1.03 bits per heavy atom. The van der Waals surface area contributed by atoms with Crippen LogP contribution >= 0.6 is 11.8 Å². The van der Waals surface area contributed by atoms with Gasteiger partial charge in [-0.05, 0) is 36.6 Å². The van der Waals surface area contributed by atoms with Crippen molar-refractivity contribution in [3.05, 3.63) is 66.4 Å². The molecule has 0 spiro atoms. The molecule has 0 aliphatic rings. The van der Waals surface area contributed by atoms with Gasteiger partial charge in [0.25, 0.3) is 11.8 Å². The SMILES string of the molecule is CSCC[C@@H](NS(=O)(=O)c1ccccc1)C(=O)NNC(=O)c1cn(C)c2ccccc12. The number of rotatable bonds is 8. The third-order valence-corrected chi connectivity index (χ3v) is 6.85. The van der Waals surface area contributed by atoms with Crippen molar-refractivity contribution in [3.63, 3.8) is 0 Å². The second-order valence-corrected chi connectivity index (χ2v) is 9.58. The van der Waals surface area contributed by atoms with Gasteiger partial charge in [-0.25, -0.2) is 8.42 Å². The lowest BCUT2D eigenvalue weighted by Crippen LogP contribution is -2.52. The van der Waals surface area contributed by atoms with Gasteiger partial charge in [-0.3, -0.25) is 20.4 Å². The van der Waals surface area contributed by atoms with Gasteiger partial charge in [0.15, 0.2) is 0 Å². The summed E-state index contributed by atoms with van der Waals surface area (Å²) in [6, 6.07) is 14.2. The number of aromatic nitrogens is 1. The van der Waals surface area contributed by atoms with E-state index < -0.39 is 27.9 Å². The van der Waals surface area contributed by atoms with Crippen LogP contribution in [-0.4, -0.2) is 42.8 Å². The molecule has 0 saturated heterocycles. The summed E-state index contributed by atoms with van der Waals surface area (Å²) in [5, 5.41) is 0.750. The second kappa shape index (κ2) is 9.99. The van der Waals surface area contributed by atoms with Crippen LogP contribution < -0.4 is 15.6 Å². The van der Waals surface area contributed by atoms with E-state index in [4.69, 9.17) is 0 Å². The molecule has 1 atom stereocenters. The van der Waals surface area contributed by atoms with E-state index in [1.54, 1.807) is 24.4 Å². The maximum atomic E-state index is 12.7. The minimum Gasteiger partial charge on any atom is -0.350 e. The molecule has 0 radical (unpaired) electrons. The lowest BCUT2D eigenvalue weighted by molar-refractivity contribution is -0.123. The lowest BCUT2D eigenvalue weighted by Gasteiger charge is -2.18. The predicted octanol–water partition coefficient (Wildman–Crippen LogP) is 2.04. The van der Waals surface area contributed by atoms with Crippen LogP contribution in [0.1, 0.15) is 16.8 Å². The molecule has 0 aliphatic heterocycles. The van der Waals surface area contributed by atoms with E-state index in [-0.39, 0.29) is 11.3 Å². The number of nitrogens with zero attached hydrogens (tertiary/aromatic N) is 1. The van der Waals surface area contributed by atoms with Gasteiger partial charge in [-0.2, -0.15) is 16.5 Å². The first kappa shape index (κ1) is 22.9. The normalized spacial score (nSPS) is 12.5. The molecule has 0 fully saturated rings. The highest BCUT2D eigenvalue weighted by Crippen LogP contribution is 2.20. The summed E-state index contributed by atoms with van der Waals surface area (Å²) in [6.07, 6.45) is 3.81. The van der Waals surface area contributed by atoms with Gasteiger partial charge >= 0.3 is 0 Å². The van der Waals surface area contributed by atoms with Gasteiger partial charge < -0.3 is 4.57 Å². The van der Waals surface area contributed by atoms with Crippen LogP contribution in [0.3, 0.4) is 0 Å². The van der Waals surface area contributed by atoms with Crippen molar-refractivity contribution in [2.24, 2.45) is 7.05 Å². The van der Waals surface area contributed by atoms with E-state index in [2.05, 4.69) is 15.6 Å². The molecule has 1 aromatic heterocycles. The molecule has 31 heavy (non-hydrogen) atoms. The maximum Gasteiger partial charge on any atom is 0.271 e. The van der Waals surface area contributed by atoms with Crippen molar-refractivity contribution in [3.8, 4) is 0 Å². The zero-order chi connectivity index (χ0) is 22.4. The molecule has 3 rings (SSSR count). The number of benzene rings is 2. The monoisotopic (exact) mass is 460 g/mol. The van der Waals surface area contributed by atoms with Gasteiger partial charge in [0, 0.05) is 24.1 Å². The fourth-order valence-corrected chi connectivity index (χ4v) is 4.85. The van der Waals surface area contributed by atoms with Crippen LogP contribution in [0.25, 0.3) is 10.9 Å². The summed E-state index contributed by atoms with van der Waals surface area (Å²) < 4.78 is 29.5. The first-order valence-corrected chi connectivity index (χ1v) is 12.4. The number of hydrogen-bond donors (Lipinski definition) is 3. The van der Waals surface area contributed by atoms with E-state index in [1.165, 1.54) is 23.9 Å². The van der Waals surface area contributed by atoms with E-state index in [1.807, 2.05) is 42.1 Å². The zero-order valence-corrected chi connectivity index (χ0v) is 18.8. The first-order chi connectivity index (χ1) is 14.8. The summed E-state index contributed by atoms with van der Waals surface area (Å²) in [5.41, 5.74) is 6.04. The minimum absolute atomic E-state index is 0.0664. The molecule has 0 bridgehead atoms. The smallest absolute Gasteiger partial charge is 0.271 e. The molecule has 0 saturated carbocycles. The highest BCUT2D eigenvalue weighted by Gasteiger charge is 2.26. The lowest BCUT2D eigenvalue weighted by atomic mass is 10.2. The summed E-state index contributed by atoms with van der Waals surface area (Å²) in [7, 11) is -2.06. The van der Waals surface area contributed by atoms with Crippen LogP contribution in [0.15, 0.2) is 65.7 Å². The van der Waals surface area contributed by atoms with E-state index in [9.17, 15) is 18.0 Å². The molecule has 10 heteroatoms. The number of thioether (sulfide) groups is 1. The van der Waals surface area contributed by atoms with Crippen LogP contribution in [0.4, 0.5) is 0 Å². The van der Waals surface area contributed by atoms with Gasteiger partial charge in [-0.1, -0.05) is 36.4 Å². The van der Waals surface area contributed by atoms with Crippen molar-refractivity contribution in [2.45, 2.75) is 17.4 Å². The minimum atomic E-state index is -3.89. The average molecular weight is 461 g/mol. The Bertz CT molecular complexity index is 1180. The third kappa shape index (κ3) is 5.46. The Balaban J connectivity index is 1.71. The van der Waals surface area contributed by atoms with Gasteiger partial charge in [0.1, 0.15) is 6.04 Å². The molecule has 3 aromatic rings. The van der Waals surface area contributed by atoms with Crippen molar-refractivity contribution in [1.82, 2.24) is 20.1 Å². The van der Waals surface area contributed by atoms with E-state index >= 15 is 0 Å². The summed E-state index contributed by atoms with van der Waals surface area (Å²) in [6.45, 7) is 0. The van der Waals surface area contributed by atoms with Gasteiger partial charge in [0.2, 0.25) is 10.0 Å². The van der Waals surface area contributed by atoms with Crippen molar-refractivity contribution >= 4 is 44.5 Å². The standard InChI is InChI=1S/C21H24N4O4S2/c1-25-14-17(16-10-6-7-11-19(16)25)20(26)22-23-21(27)18(12-13-30-2)24-31(28,29)15-8-4-3-5-9-15/h3-11,14,18,24H,12-13H2,1-2H3,(H,22,26)(H,23,27)/t18-/m1/s1. The number of fused-ring (bicyclic) bond motifs is 1. The number of hydrogen-bond acceptors (Lipinski definition) is 5. The number of amides is 2. The van der Waals surface area contributed by atoms with E-state index in [0.29, 0.717) is 11.3 Å². The molecule has 8 nitrogen and oxygen atoms in total. The average Bonchev–Trinajstić information content (AvgIpc) is 3.12. The number of aryl methyl sites for hydroxylation is 1. The number of sulfonamides is 1. The third-order valence-electron chi connectivity index (χ3n) is 4.72. The fourth-order valence-electron chi connectivity index (χ4n) is 3.13. The second-order valence-electron chi connectivity index (χ2n) is 6.88. The topological polar surface area (TPSA) is 109 Å². The van der Waals surface area contributed by atoms with Gasteiger partial charge in [0.05, 0.1) is 10.5 Å². The summed E-state index contributed by atoms with van der Waals surface area (Å²) in [4.78, 5) is 25.4. The van der Waals surface area contributed by atoms with Crippen LogP contribution in [0.2, 0.25) is 0 Å². The van der Waals surface area contributed by atoms with Gasteiger partial charge in [-0.15, -0.1) is 0 Å². The summed E-state index contributed by atoms with van der Waals surface area (Å²) >= 11 is 1.49. The first-order valence-electron chi connectivity index (χ1n) is 9.54. The Morgan fingerprint density at radius 2 is 1.71 bits per heavy atom. The predicted molar refractivity (Wildman–Crippen MR) is 122 cm³/mol. The molecular formula is C21H24N4O4S2. The van der Waals surface area contributed by atoms with Crippen molar-refractivity contribution in [2.75, 3.05) is 12.0 Å². The largest absolute Gasteiger partial charge is 0.350 e. The highest BCUT2D eigenvalue weighted by molar-refractivity contribution is 7.98. The Morgan fingerprint density at radius 3 is 2.42 bits per heavy atom. The number of carbonyl (C=O) groups is 2. The number of nitrogens with one attached hydrogen (secondary N) is 3. The molecular weight excluding hydrogens is 436 g/mol. The van der Waals surface area contributed by atoms with Crippen LogP contribution in [-0.2, 0) is 21.9 Å². The molecule has 164 valence electrons. The highest BCUT2D eigenvalue weighted by atomic mass is 32.2. The quantitative estimate of drug-likeness (QED) is 0.446. The Labute approximate surface area is 185 Å². The fraction of sp³-hybridized carbons (Fsp3) is 0.238. The van der Waals surface area contributed by atoms with E-state index in [0.717, 1.165) is 10.9 Å². The molecule has 0 unspecified atom stereocenters. The Kier molecular flexibility index (Phi) is 7.37. The van der Waals surface area contributed by atoms with Crippen molar-refractivity contribution in [1.29, 1.82) is 0 Å².